The molecule has 1 saturated carbocycles. The molecule has 0 radical (unpaired) electrons. The summed E-state index contributed by atoms with van der Waals surface area (Å²) in [5.74, 6) is 2.66. The molecule has 0 amide bonds. The molecule has 1 aliphatic carbocycles. The lowest BCUT2D eigenvalue weighted by Crippen LogP contribution is -2.60. The summed E-state index contributed by atoms with van der Waals surface area (Å²) in [5.41, 5.74) is 0. The van der Waals surface area contributed by atoms with Crippen LogP contribution >= 0.6 is 0 Å². The summed E-state index contributed by atoms with van der Waals surface area (Å²) in [7, 11) is 0. The molecule has 3 unspecified atom stereocenters. The van der Waals surface area contributed by atoms with Gasteiger partial charge in [-0.1, -0.05) is 47.0 Å². The lowest BCUT2D eigenvalue weighted by molar-refractivity contribution is 0.0800. The van der Waals surface area contributed by atoms with Gasteiger partial charge >= 0.3 is 0 Å². The van der Waals surface area contributed by atoms with E-state index in [0.717, 1.165) is 23.8 Å². The third kappa shape index (κ3) is 4.46. The molecule has 2 rings (SSSR count). The van der Waals surface area contributed by atoms with Gasteiger partial charge in [0, 0.05) is 25.2 Å². The zero-order valence-electron chi connectivity index (χ0n) is 13.5. The van der Waals surface area contributed by atoms with E-state index in [4.69, 9.17) is 0 Å². The van der Waals surface area contributed by atoms with Crippen LogP contribution in [0.15, 0.2) is 0 Å². The zero-order valence-corrected chi connectivity index (χ0v) is 13.5. The first-order chi connectivity index (χ1) is 9.11. The van der Waals surface area contributed by atoms with E-state index < -0.39 is 0 Å². The average molecular weight is 266 g/mol. The molecular formula is C17H34N2. The number of hydrogen-bond acceptors (Lipinski definition) is 2. The van der Waals surface area contributed by atoms with E-state index in [1.165, 1.54) is 51.7 Å². The van der Waals surface area contributed by atoms with Crippen molar-refractivity contribution in [3.8, 4) is 0 Å². The lowest BCUT2D eigenvalue weighted by Gasteiger charge is -2.44. The second kappa shape index (κ2) is 7.08. The SMILES string of the molecule is CCC(C)C1CN(CCCC2CC2)C(C(C)C)CN1. The Hall–Kier alpha value is -0.0800. The molecule has 0 aromatic carbocycles. The molecule has 1 aliphatic heterocycles. The summed E-state index contributed by atoms with van der Waals surface area (Å²) in [4.78, 5) is 2.79. The predicted molar refractivity (Wildman–Crippen MR) is 83.4 cm³/mol. The largest absolute Gasteiger partial charge is 0.311 e. The first-order valence-electron chi connectivity index (χ1n) is 8.59. The highest BCUT2D eigenvalue weighted by atomic mass is 15.2. The number of piperazine rings is 1. The van der Waals surface area contributed by atoms with Crippen LogP contribution in [0.4, 0.5) is 0 Å². The maximum absolute atomic E-state index is 3.80. The predicted octanol–water partition coefficient (Wildman–Crippen LogP) is 3.52. The van der Waals surface area contributed by atoms with Crippen molar-refractivity contribution in [3.05, 3.63) is 0 Å². The first kappa shape index (κ1) is 15.3. The van der Waals surface area contributed by atoms with Crippen molar-refractivity contribution in [2.24, 2.45) is 17.8 Å². The molecule has 112 valence electrons. The standard InChI is InChI=1S/C17H34N2/c1-5-14(4)16-12-19(10-6-7-15-8-9-15)17(11-18-16)13(2)3/h13-18H,5-12H2,1-4H3. The monoisotopic (exact) mass is 266 g/mol. The summed E-state index contributed by atoms with van der Waals surface area (Å²) in [6, 6.07) is 1.46. The molecule has 1 saturated heterocycles. The highest BCUT2D eigenvalue weighted by Gasteiger charge is 2.31. The lowest BCUT2D eigenvalue weighted by atomic mass is 9.92. The smallest absolute Gasteiger partial charge is 0.0244 e. The summed E-state index contributed by atoms with van der Waals surface area (Å²) in [6.07, 6.45) is 7.19. The van der Waals surface area contributed by atoms with E-state index in [2.05, 4.69) is 37.9 Å². The van der Waals surface area contributed by atoms with Gasteiger partial charge in [0.1, 0.15) is 0 Å². The molecule has 2 heteroatoms. The molecule has 1 heterocycles. The molecule has 0 bridgehead atoms. The van der Waals surface area contributed by atoms with Crippen LogP contribution < -0.4 is 5.32 Å². The maximum atomic E-state index is 3.80. The number of rotatable bonds is 7. The molecule has 19 heavy (non-hydrogen) atoms. The molecule has 0 aromatic rings. The van der Waals surface area contributed by atoms with Gasteiger partial charge in [-0.15, -0.1) is 0 Å². The number of hydrogen-bond donors (Lipinski definition) is 1. The van der Waals surface area contributed by atoms with Crippen molar-refractivity contribution in [2.45, 2.75) is 71.9 Å². The Labute approximate surface area is 120 Å². The van der Waals surface area contributed by atoms with Crippen molar-refractivity contribution >= 4 is 0 Å². The Bertz CT molecular complexity index is 260. The third-order valence-electron chi connectivity index (χ3n) is 5.34. The summed E-state index contributed by atoms with van der Waals surface area (Å²) >= 11 is 0. The van der Waals surface area contributed by atoms with E-state index in [9.17, 15) is 0 Å². The van der Waals surface area contributed by atoms with E-state index in [-0.39, 0.29) is 0 Å². The Morgan fingerprint density at radius 2 is 1.95 bits per heavy atom. The highest BCUT2D eigenvalue weighted by molar-refractivity contribution is 4.89. The van der Waals surface area contributed by atoms with Crippen molar-refractivity contribution in [2.75, 3.05) is 19.6 Å². The van der Waals surface area contributed by atoms with Gasteiger partial charge in [-0.2, -0.15) is 0 Å². The molecule has 0 aromatic heterocycles. The van der Waals surface area contributed by atoms with Crippen LogP contribution in [-0.4, -0.2) is 36.6 Å². The molecule has 3 atom stereocenters. The Morgan fingerprint density at radius 3 is 2.53 bits per heavy atom. The van der Waals surface area contributed by atoms with Gasteiger partial charge in [-0.3, -0.25) is 4.90 Å². The first-order valence-corrected chi connectivity index (χ1v) is 8.59. The molecule has 1 N–H and O–H groups in total. The van der Waals surface area contributed by atoms with E-state index in [0.29, 0.717) is 6.04 Å². The minimum atomic E-state index is 0.709. The fourth-order valence-corrected chi connectivity index (χ4v) is 3.42. The Kier molecular flexibility index (Phi) is 5.70. The van der Waals surface area contributed by atoms with Gasteiger partial charge in [0.25, 0.3) is 0 Å². The number of nitrogens with one attached hydrogen (secondary N) is 1. The summed E-state index contributed by atoms with van der Waals surface area (Å²) in [6.45, 7) is 13.3. The van der Waals surface area contributed by atoms with E-state index in [1.54, 1.807) is 0 Å². The van der Waals surface area contributed by atoms with Gasteiger partial charge < -0.3 is 5.32 Å². The maximum Gasteiger partial charge on any atom is 0.0244 e. The normalized spacial score (nSPS) is 30.8. The average Bonchev–Trinajstić information content (AvgIpc) is 3.21. The molecule has 0 spiro atoms. The van der Waals surface area contributed by atoms with Crippen molar-refractivity contribution in [3.63, 3.8) is 0 Å². The van der Waals surface area contributed by atoms with Gasteiger partial charge in [-0.05, 0) is 37.1 Å². The summed E-state index contributed by atoms with van der Waals surface area (Å²) < 4.78 is 0. The Balaban J connectivity index is 1.83. The fourth-order valence-electron chi connectivity index (χ4n) is 3.42. The fraction of sp³-hybridized carbons (Fsp3) is 1.00. The van der Waals surface area contributed by atoms with Gasteiger partial charge in [-0.25, -0.2) is 0 Å². The van der Waals surface area contributed by atoms with Crippen molar-refractivity contribution in [1.82, 2.24) is 10.2 Å². The van der Waals surface area contributed by atoms with Crippen LogP contribution in [0.3, 0.4) is 0 Å². The quantitative estimate of drug-likeness (QED) is 0.758. The Morgan fingerprint density at radius 1 is 1.21 bits per heavy atom. The van der Waals surface area contributed by atoms with Crippen LogP contribution in [0.25, 0.3) is 0 Å². The van der Waals surface area contributed by atoms with Crippen LogP contribution in [-0.2, 0) is 0 Å². The van der Waals surface area contributed by atoms with Crippen LogP contribution in [0, 0.1) is 17.8 Å². The second-order valence-corrected chi connectivity index (χ2v) is 7.29. The third-order valence-corrected chi connectivity index (χ3v) is 5.34. The van der Waals surface area contributed by atoms with Gasteiger partial charge in [0.05, 0.1) is 0 Å². The summed E-state index contributed by atoms with van der Waals surface area (Å²) in [5, 5.41) is 3.80. The molecule has 2 nitrogen and oxygen atoms in total. The van der Waals surface area contributed by atoms with Gasteiger partial charge in [0.15, 0.2) is 0 Å². The number of nitrogens with zero attached hydrogens (tertiary/aromatic N) is 1. The van der Waals surface area contributed by atoms with E-state index >= 15 is 0 Å². The topological polar surface area (TPSA) is 15.3 Å². The highest BCUT2D eigenvalue weighted by Crippen LogP contribution is 2.33. The molecule has 2 aliphatic rings. The van der Waals surface area contributed by atoms with Crippen LogP contribution in [0.1, 0.15) is 59.8 Å². The minimum Gasteiger partial charge on any atom is -0.311 e. The van der Waals surface area contributed by atoms with E-state index in [1.807, 2.05) is 0 Å². The van der Waals surface area contributed by atoms with Crippen molar-refractivity contribution < 1.29 is 0 Å². The van der Waals surface area contributed by atoms with Crippen LogP contribution in [0.2, 0.25) is 0 Å². The molecule has 2 fully saturated rings. The van der Waals surface area contributed by atoms with Gasteiger partial charge in [0.2, 0.25) is 0 Å². The minimum absolute atomic E-state index is 0.709. The zero-order chi connectivity index (χ0) is 13.8. The van der Waals surface area contributed by atoms with Crippen molar-refractivity contribution in [1.29, 1.82) is 0 Å². The van der Waals surface area contributed by atoms with Crippen LogP contribution in [0.5, 0.6) is 0 Å². The molecular weight excluding hydrogens is 232 g/mol. The second-order valence-electron chi connectivity index (χ2n) is 7.29.